The van der Waals surface area contributed by atoms with Crippen LogP contribution in [-0.2, 0) is 0 Å². The van der Waals surface area contributed by atoms with Gasteiger partial charge in [-0.15, -0.1) is 0 Å². The Morgan fingerprint density at radius 3 is 2.57 bits per heavy atom. The van der Waals surface area contributed by atoms with Crippen LogP contribution in [0.2, 0.25) is 0 Å². The minimum Gasteiger partial charge on any atom is -0.496 e. The summed E-state index contributed by atoms with van der Waals surface area (Å²) >= 11 is 0. The Morgan fingerprint density at radius 2 is 2.07 bits per heavy atom. The van der Waals surface area contributed by atoms with Crippen molar-refractivity contribution < 1.29 is 9.84 Å². The normalized spacial score (nSPS) is 14.9. The van der Waals surface area contributed by atoms with E-state index in [1.54, 1.807) is 14.0 Å². The number of benzene rings is 1. The lowest BCUT2D eigenvalue weighted by atomic mass is 10.0. The molecule has 0 heterocycles. The van der Waals surface area contributed by atoms with Crippen molar-refractivity contribution in [3.8, 4) is 5.75 Å². The van der Waals surface area contributed by atoms with Crippen molar-refractivity contribution in [1.29, 1.82) is 0 Å². The third-order valence-electron chi connectivity index (χ3n) is 2.27. The van der Waals surface area contributed by atoms with Crippen LogP contribution in [0, 0.1) is 6.92 Å². The maximum Gasteiger partial charge on any atom is 0.122 e. The molecule has 0 unspecified atom stereocenters. The largest absolute Gasteiger partial charge is 0.496 e. The first kappa shape index (κ1) is 11.0. The van der Waals surface area contributed by atoms with Crippen molar-refractivity contribution in [2.45, 2.75) is 26.0 Å². The minimum atomic E-state index is -0.635. The fraction of sp³-hybridized carbons (Fsp3) is 0.455. The second kappa shape index (κ2) is 4.44. The Labute approximate surface area is 84.5 Å². The minimum absolute atomic E-state index is 0.276. The molecule has 0 amide bonds. The molecule has 78 valence electrons. The van der Waals surface area contributed by atoms with Crippen molar-refractivity contribution in [3.63, 3.8) is 0 Å². The molecule has 2 atom stereocenters. The van der Waals surface area contributed by atoms with Crippen LogP contribution < -0.4 is 10.5 Å². The third kappa shape index (κ3) is 2.25. The highest BCUT2D eigenvalue weighted by atomic mass is 16.5. The zero-order valence-corrected chi connectivity index (χ0v) is 8.82. The molecule has 0 aliphatic carbocycles. The van der Waals surface area contributed by atoms with Crippen molar-refractivity contribution in [3.05, 3.63) is 29.3 Å². The molecule has 0 fully saturated rings. The Balaban J connectivity index is 3.00. The lowest BCUT2D eigenvalue weighted by Crippen LogP contribution is -2.24. The van der Waals surface area contributed by atoms with Gasteiger partial charge in [-0.25, -0.2) is 0 Å². The summed E-state index contributed by atoms with van der Waals surface area (Å²) in [4.78, 5) is 0. The van der Waals surface area contributed by atoms with Gasteiger partial charge in [0.15, 0.2) is 0 Å². The van der Waals surface area contributed by atoms with Gasteiger partial charge < -0.3 is 15.6 Å². The second-order valence-corrected chi connectivity index (χ2v) is 3.53. The zero-order valence-electron chi connectivity index (χ0n) is 8.82. The highest BCUT2D eigenvalue weighted by Gasteiger charge is 2.13. The molecular weight excluding hydrogens is 178 g/mol. The number of hydrogen-bond donors (Lipinski definition) is 2. The Hall–Kier alpha value is -1.06. The first-order valence-corrected chi connectivity index (χ1v) is 4.64. The molecule has 3 nitrogen and oxygen atoms in total. The number of aliphatic hydroxyl groups is 1. The predicted octanol–water partition coefficient (Wildman–Crippen LogP) is 1.38. The molecule has 0 saturated heterocycles. The van der Waals surface area contributed by atoms with Gasteiger partial charge in [0.1, 0.15) is 5.75 Å². The molecule has 0 aliphatic heterocycles. The molecular formula is C11H17NO2. The number of ether oxygens (including phenoxy) is 1. The molecule has 1 rings (SSSR count). The summed E-state index contributed by atoms with van der Waals surface area (Å²) < 4.78 is 5.16. The highest BCUT2D eigenvalue weighted by Crippen LogP contribution is 2.24. The summed E-state index contributed by atoms with van der Waals surface area (Å²) in [5, 5.41) is 9.73. The molecule has 1 aromatic rings. The SMILES string of the molecule is COc1cc([C@H](O)[C@@H](C)N)ccc1C. The van der Waals surface area contributed by atoms with E-state index in [2.05, 4.69) is 0 Å². The van der Waals surface area contributed by atoms with Crippen molar-refractivity contribution in [1.82, 2.24) is 0 Å². The summed E-state index contributed by atoms with van der Waals surface area (Å²) in [7, 11) is 1.62. The molecule has 0 bridgehead atoms. The van der Waals surface area contributed by atoms with Crippen molar-refractivity contribution in [2.24, 2.45) is 5.73 Å². The number of hydrogen-bond acceptors (Lipinski definition) is 3. The van der Waals surface area contributed by atoms with Gasteiger partial charge in [-0.3, -0.25) is 0 Å². The van der Waals surface area contributed by atoms with Crippen LogP contribution >= 0.6 is 0 Å². The number of nitrogens with two attached hydrogens (primary N) is 1. The lowest BCUT2D eigenvalue weighted by molar-refractivity contribution is 0.153. The van der Waals surface area contributed by atoms with E-state index in [1.807, 2.05) is 25.1 Å². The second-order valence-electron chi connectivity index (χ2n) is 3.53. The molecule has 3 N–H and O–H groups in total. The molecule has 14 heavy (non-hydrogen) atoms. The number of methoxy groups -OCH3 is 1. The first-order chi connectivity index (χ1) is 6.56. The summed E-state index contributed by atoms with van der Waals surface area (Å²) in [5.74, 6) is 0.780. The fourth-order valence-electron chi connectivity index (χ4n) is 1.32. The van der Waals surface area contributed by atoms with Gasteiger partial charge in [0.25, 0.3) is 0 Å². The quantitative estimate of drug-likeness (QED) is 0.766. The van der Waals surface area contributed by atoms with Crippen LogP contribution in [0.3, 0.4) is 0 Å². The maximum atomic E-state index is 9.73. The topological polar surface area (TPSA) is 55.5 Å². The van der Waals surface area contributed by atoms with Crippen LogP contribution in [0.25, 0.3) is 0 Å². The molecule has 0 radical (unpaired) electrons. The molecule has 3 heteroatoms. The van der Waals surface area contributed by atoms with Crippen molar-refractivity contribution in [2.75, 3.05) is 7.11 Å². The van der Waals surface area contributed by atoms with Gasteiger partial charge >= 0.3 is 0 Å². The molecule has 1 aromatic carbocycles. The van der Waals surface area contributed by atoms with E-state index in [1.165, 1.54) is 0 Å². The Bertz CT molecular complexity index is 310. The predicted molar refractivity (Wildman–Crippen MR) is 56.3 cm³/mol. The van der Waals surface area contributed by atoms with Crippen LogP contribution in [0.5, 0.6) is 5.75 Å². The lowest BCUT2D eigenvalue weighted by Gasteiger charge is -2.16. The number of aliphatic hydroxyl groups excluding tert-OH is 1. The Morgan fingerprint density at radius 1 is 1.43 bits per heavy atom. The summed E-state index contributed by atoms with van der Waals surface area (Å²) in [6, 6.07) is 5.33. The number of aryl methyl sites for hydroxylation is 1. The molecule has 0 aromatic heterocycles. The highest BCUT2D eigenvalue weighted by molar-refractivity contribution is 5.37. The summed E-state index contributed by atoms with van der Waals surface area (Å²) in [6.07, 6.45) is -0.635. The molecule has 0 saturated carbocycles. The molecule has 0 aliphatic rings. The van der Waals surface area contributed by atoms with Gasteiger partial charge in [0.05, 0.1) is 13.2 Å². The number of rotatable bonds is 3. The van der Waals surface area contributed by atoms with Gasteiger partial charge in [0, 0.05) is 6.04 Å². The average Bonchev–Trinajstić information content (AvgIpc) is 2.17. The van der Waals surface area contributed by atoms with E-state index in [4.69, 9.17) is 10.5 Å². The summed E-state index contributed by atoms with van der Waals surface area (Å²) in [5.41, 5.74) is 7.45. The van der Waals surface area contributed by atoms with Gasteiger partial charge in [-0.1, -0.05) is 12.1 Å². The van der Waals surface area contributed by atoms with Crippen LogP contribution in [0.4, 0.5) is 0 Å². The monoisotopic (exact) mass is 195 g/mol. The van der Waals surface area contributed by atoms with E-state index >= 15 is 0 Å². The maximum absolute atomic E-state index is 9.73. The van der Waals surface area contributed by atoms with E-state index in [0.717, 1.165) is 16.9 Å². The van der Waals surface area contributed by atoms with Gasteiger partial charge in [0.2, 0.25) is 0 Å². The third-order valence-corrected chi connectivity index (χ3v) is 2.27. The summed E-state index contributed by atoms with van der Waals surface area (Å²) in [6.45, 7) is 3.73. The fourth-order valence-corrected chi connectivity index (χ4v) is 1.32. The van der Waals surface area contributed by atoms with Crippen molar-refractivity contribution >= 4 is 0 Å². The van der Waals surface area contributed by atoms with Gasteiger partial charge in [-0.2, -0.15) is 0 Å². The average molecular weight is 195 g/mol. The van der Waals surface area contributed by atoms with Crippen LogP contribution in [-0.4, -0.2) is 18.3 Å². The van der Waals surface area contributed by atoms with E-state index in [-0.39, 0.29) is 6.04 Å². The smallest absolute Gasteiger partial charge is 0.122 e. The molecule has 0 spiro atoms. The standard InChI is InChI=1S/C11H17NO2/c1-7-4-5-9(6-10(7)14-3)11(13)8(2)12/h4-6,8,11,13H,12H2,1-3H3/t8-,11-/m1/s1. The van der Waals surface area contributed by atoms with E-state index in [0.29, 0.717) is 0 Å². The van der Waals surface area contributed by atoms with Gasteiger partial charge in [-0.05, 0) is 31.0 Å². The van der Waals surface area contributed by atoms with E-state index in [9.17, 15) is 5.11 Å². The van der Waals surface area contributed by atoms with E-state index < -0.39 is 6.10 Å². The first-order valence-electron chi connectivity index (χ1n) is 4.64. The van der Waals surface area contributed by atoms with Crippen LogP contribution in [0.1, 0.15) is 24.2 Å². The Kier molecular flexibility index (Phi) is 3.49. The zero-order chi connectivity index (χ0) is 10.7. The van der Waals surface area contributed by atoms with Crippen LogP contribution in [0.15, 0.2) is 18.2 Å².